The van der Waals surface area contributed by atoms with Gasteiger partial charge in [0.1, 0.15) is 5.57 Å². The molecule has 6 nitrogen and oxygen atoms in total. The lowest BCUT2D eigenvalue weighted by molar-refractivity contribution is -0.156. The lowest BCUT2D eigenvalue weighted by atomic mass is 9.63. The maximum atomic E-state index is 13.9. The first-order valence-corrected chi connectivity index (χ1v) is 9.47. The third kappa shape index (κ3) is 2.25. The van der Waals surface area contributed by atoms with Gasteiger partial charge in [-0.1, -0.05) is 67.2 Å². The van der Waals surface area contributed by atoms with Crippen LogP contribution in [0.1, 0.15) is 11.1 Å². The maximum Gasteiger partial charge on any atom is 0.341 e. The highest BCUT2D eigenvalue weighted by molar-refractivity contribution is 6.36. The van der Waals surface area contributed by atoms with Crippen LogP contribution in [0.5, 0.6) is 0 Å². The van der Waals surface area contributed by atoms with E-state index >= 15 is 0 Å². The monoisotopic (exact) mass is 403 g/mol. The number of ketones is 1. The van der Waals surface area contributed by atoms with Crippen molar-refractivity contribution >= 4 is 23.3 Å². The lowest BCUT2D eigenvalue weighted by Gasteiger charge is -2.40. The normalized spacial score (nSPS) is 25.3. The smallest absolute Gasteiger partial charge is 0.341 e. The fraction of sp³-hybridized carbons (Fsp3) is 0.208. The van der Waals surface area contributed by atoms with Gasteiger partial charge < -0.3 is 9.47 Å². The van der Waals surface area contributed by atoms with E-state index in [-0.39, 0.29) is 12.1 Å². The Morgan fingerprint density at radius 3 is 2.13 bits per heavy atom. The molecule has 2 aromatic rings. The van der Waals surface area contributed by atoms with Crippen molar-refractivity contribution in [1.82, 2.24) is 5.32 Å². The summed E-state index contributed by atoms with van der Waals surface area (Å²) in [7, 11) is 2.44. The molecule has 2 atom stereocenters. The van der Waals surface area contributed by atoms with Crippen LogP contribution in [0.2, 0.25) is 0 Å². The number of fused-ring (bicyclic) bond motifs is 1. The van der Waals surface area contributed by atoms with E-state index in [4.69, 9.17) is 9.47 Å². The largest absolute Gasteiger partial charge is 0.468 e. The predicted octanol–water partition coefficient (Wildman–Crippen LogP) is 2.41. The molecule has 152 valence electrons. The van der Waals surface area contributed by atoms with Crippen molar-refractivity contribution in [2.24, 2.45) is 5.41 Å². The molecule has 2 aliphatic rings. The Bertz CT molecular complexity index is 1090. The van der Waals surface area contributed by atoms with Crippen molar-refractivity contribution in [3.8, 4) is 0 Å². The molecule has 0 bridgehead atoms. The fourth-order valence-electron chi connectivity index (χ4n) is 4.82. The maximum absolute atomic E-state index is 13.9. The van der Waals surface area contributed by atoms with E-state index in [9.17, 15) is 14.4 Å². The number of hydrogen-bond acceptors (Lipinski definition) is 6. The third-order valence-electron chi connectivity index (χ3n) is 6.00. The zero-order valence-electron chi connectivity index (χ0n) is 16.7. The Morgan fingerprint density at radius 2 is 1.57 bits per heavy atom. The van der Waals surface area contributed by atoms with E-state index < -0.39 is 28.7 Å². The Kier molecular flexibility index (Phi) is 4.67. The summed E-state index contributed by atoms with van der Waals surface area (Å²) in [6.45, 7) is 4.25. The highest BCUT2D eigenvalue weighted by atomic mass is 16.5. The first-order valence-electron chi connectivity index (χ1n) is 9.47. The molecule has 30 heavy (non-hydrogen) atoms. The molecule has 4 rings (SSSR count). The number of nitrogens with one attached hydrogen (secondary N) is 1. The zero-order valence-corrected chi connectivity index (χ0v) is 16.7. The molecule has 1 saturated heterocycles. The fourth-order valence-corrected chi connectivity index (χ4v) is 4.82. The van der Waals surface area contributed by atoms with Crippen LogP contribution < -0.4 is 5.32 Å². The summed E-state index contributed by atoms with van der Waals surface area (Å²) in [5.41, 5.74) is -1.35. The van der Waals surface area contributed by atoms with Gasteiger partial charge in [0.15, 0.2) is 11.2 Å². The summed E-state index contributed by atoms with van der Waals surface area (Å²) < 4.78 is 10.1. The number of ether oxygens (including phenoxy) is 2. The van der Waals surface area contributed by atoms with Crippen molar-refractivity contribution in [3.05, 3.63) is 89.5 Å². The van der Waals surface area contributed by atoms with E-state index in [0.29, 0.717) is 22.3 Å². The lowest BCUT2D eigenvalue weighted by Crippen LogP contribution is -2.55. The molecule has 1 aliphatic heterocycles. The SMILES string of the molecule is C=C1CNC2(c3ccccc3)C(c3ccccc3)=C(C(=O)OC)C(=O)C12C(=O)OC. The average Bonchev–Trinajstić information content (AvgIpc) is 3.23. The second-order valence-electron chi connectivity index (χ2n) is 7.25. The van der Waals surface area contributed by atoms with Crippen LogP contribution in [0.3, 0.4) is 0 Å². The highest BCUT2D eigenvalue weighted by Gasteiger charge is 2.75. The van der Waals surface area contributed by atoms with Crippen molar-refractivity contribution in [3.63, 3.8) is 0 Å². The molecule has 6 heteroatoms. The molecule has 1 fully saturated rings. The van der Waals surface area contributed by atoms with Crippen LogP contribution >= 0.6 is 0 Å². The van der Waals surface area contributed by atoms with Gasteiger partial charge >= 0.3 is 11.9 Å². The second kappa shape index (κ2) is 7.07. The van der Waals surface area contributed by atoms with Gasteiger partial charge in [0.05, 0.1) is 19.8 Å². The van der Waals surface area contributed by atoms with Gasteiger partial charge in [0.25, 0.3) is 0 Å². The molecular weight excluding hydrogens is 382 g/mol. The van der Waals surface area contributed by atoms with Crippen LogP contribution in [0.15, 0.2) is 78.4 Å². The minimum Gasteiger partial charge on any atom is -0.468 e. The molecule has 0 saturated carbocycles. The van der Waals surface area contributed by atoms with Crippen molar-refractivity contribution in [2.75, 3.05) is 20.8 Å². The highest BCUT2D eigenvalue weighted by Crippen LogP contribution is 2.63. The third-order valence-corrected chi connectivity index (χ3v) is 6.00. The van der Waals surface area contributed by atoms with E-state index in [1.807, 2.05) is 48.5 Å². The molecule has 0 aromatic heterocycles. The number of hydrogen-bond donors (Lipinski definition) is 1. The van der Waals surface area contributed by atoms with Crippen LogP contribution in [0.25, 0.3) is 5.57 Å². The van der Waals surface area contributed by atoms with E-state index in [1.165, 1.54) is 14.2 Å². The van der Waals surface area contributed by atoms with Crippen LogP contribution in [0.4, 0.5) is 0 Å². The Hall–Kier alpha value is -3.51. The summed E-state index contributed by atoms with van der Waals surface area (Å²) in [5, 5.41) is 3.36. The number of methoxy groups -OCH3 is 2. The summed E-state index contributed by atoms with van der Waals surface area (Å²) in [6, 6.07) is 18.2. The molecule has 1 aliphatic carbocycles. The molecule has 2 unspecified atom stereocenters. The van der Waals surface area contributed by atoms with E-state index in [2.05, 4.69) is 11.9 Å². The Balaban J connectivity index is 2.20. The number of Topliss-reactive ketones (excluding diaryl/α,β-unsaturated/α-hetero) is 1. The quantitative estimate of drug-likeness (QED) is 0.365. The zero-order chi connectivity index (χ0) is 21.5. The van der Waals surface area contributed by atoms with E-state index in [0.717, 1.165) is 0 Å². The summed E-state index contributed by atoms with van der Waals surface area (Å²) in [5.74, 6) is -2.24. The van der Waals surface area contributed by atoms with Gasteiger partial charge in [0, 0.05) is 12.1 Å². The van der Waals surface area contributed by atoms with Crippen LogP contribution in [-0.2, 0) is 29.4 Å². The minimum atomic E-state index is -1.82. The average molecular weight is 403 g/mol. The van der Waals surface area contributed by atoms with Gasteiger partial charge in [-0.25, -0.2) is 4.79 Å². The summed E-state index contributed by atoms with van der Waals surface area (Å²) in [6.07, 6.45) is 0. The van der Waals surface area contributed by atoms with Crippen molar-refractivity contribution in [2.45, 2.75) is 5.54 Å². The molecule has 0 spiro atoms. The summed E-state index contributed by atoms with van der Waals surface area (Å²) in [4.78, 5) is 40.1. The topological polar surface area (TPSA) is 81.7 Å². The van der Waals surface area contributed by atoms with Crippen molar-refractivity contribution in [1.29, 1.82) is 0 Å². The number of benzene rings is 2. The van der Waals surface area contributed by atoms with Crippen molar-refractivity contribution < 1.29 is 23.9 Å². The first-order chi connectivity index (χ1) is 14.5. The van der Waals surface area contributed by atoms with Gasteiger partial charge in [-0.2, -0.15) is 0 Å². The molecule has 2 aromatic carbocycles. The molecular formula is C24H21NO5. The predicted molar refractivity (Wildman–Crippen MR) is 110 cm³/mol. The van der Waals surface area contributed by atoms with Gasteiger partial charge in [-0.3, -0.25) is 14.9 Å². The second-order valence-corrected chi connectivity index (χ2v) is 7.25. The number of carbonyl (C=O) groups is 3. The number of carbonyl (C=O) groups excluding carboxylic acids is 3. The molecule has 0 radical (unpaired) electrons. The molecule has 0 amide bonds. The van der Waals surface area contributed by atoms with Crippen LogP contribution in [-0.4, -0.2) is 38.5 Å². The number of rotatable bonds is 4. The Morgan fingerprint density at radius 1 is 0.967 bits per heavy atom. The van der Waals surface area contributed by atoms with Gasteiger partial charge in [-0.15, -0.1) is 0 Å². The van der Waals surface area contributed by atoms with E-state index in [1.54, 1.807) is 12.1 Å². The molecule has 1 heterocycles. The van der Waals surface area contributed by atoms with Crippen LogP contribution in [0, 0.1) is 5.41 Å². The van der Waals surface area contributed by atoms with Gasteiger partial charge in [0.2, 0.25) is 0 Å². The van der Waals surface area contributed by atoms with Gasteiger partial charge in [-0.05, 0) is 16.7 Å². The molecule has 1 N–H and O–H groups in total. The Labute approximate surface area is 174 Å². The minimum absolute atomic E-state index is 0.175. The summed E-state index contributed by atoms with van der Waals surface area (Å²) >= 11 is 0. The first kappa shape index (κ1) is 19.8. The number of esters is 2. The standard InChI is InChI=1S/C24H21NO5/c1-15-14-25-24(17-12-8-5-9-13-17)19(16-10-6-4-7-11-16)18(21(27)29-2)20(26)23(15,24)22(28)30-3/h4-13,25H,1,14H2,2-3H3.